The van der Waals surface area contributed by atoms with Gasteiger partial charge in [0.1, 0.15) is 5.54 Å². The van der Waals surface area contributed by atoms with Gasteiger partial charge in [-0.1, -0.05) is 38.9 Å². The van der Waals surface area contributed by atoms with Crippen LogP contribution in [0.3, 0.4) is 0 Å². The van der Waals surface area contributed by atoms with Crippen LogP contribution in [0.15, 0.2) is 0 Å². The van der Waals surface area contributed by atoms with E-state index in [-0.39, 0.29) is 10.9 Å². The molecule has 19 heavy (non-hydrogen) atoms. The second-order valence-corrected chi connectivity index (χ2v) is 5.83. The lowest BCUT2D eigenvalue weighted by Crippen LogP contribution is -2.59. The van der Waals surface area contributed by atoms with Crippen LogP contribution in [0.4, 0.5) is 0 Å². The molecule has 0 saturated heterocycles. The maximum Gasteiger partial charge on any atom is 0.242 e. The van der Waals surface area contributed by atoms with Gasteiger partial charge in [-0.25, -0.2) is 0 Å². The van der Waals surface area contributed by atoms with Crippen molar-refractivity contribution in [2.45, 2.75) is 58.9 Å². The zero-order valence-corrected chi connectivity index (χ0v) is 13.0. The van der Waals surface area contributed by atoms with E-state index in [0.717, 1.165) is 12.8 Å². The van der Waals surface area contributed by atoms with Crippen LogP contribution >= 0.6 is 12.2 Å². The Balaban J connectivity index is 5.32. The number of hydrogen-bond donors (Lipinski definition) is 3. The molecule has 0 saturated carbocycles. The second-order valence-electron chi connectivity index (χ2n) is 5.39. The van der Waals surface area contributed by atoms with E-state index in [9.17, 15) is 9.59 Å². The number of thiocarbonyl (C=S) groups is 1. The van der Waals surface area contributed by atoms with Gasteiger partial charge in [0, 0.05) is 0 Å². The molecule has 110 valence electrons. The zero-order chi connectivity index (χ0) is 15.3. The van der Waals surface area contributed by atoms with Crippen LogP contribution in [0.25, 0.3) is 0 Å². The largest absolute Gasteiger partial charge is 0.392 e. The van der Waals surface area contributed by atoms with E-state index >= 15 is 0 Å². The van der Waals surface area contributed by atoms with Crippen molar-refractivity contribution in [2.24, 2.45) is 16.9 Å². The van der Waals surface area contributed by atoms with Crippen molar-refractivity contribution >= 4 is 29.0 Å². The maximum atomic E-state index is 12.5. The van der Waals surface area contributed by atoms with Gasteiger partial charge in [0.25, 0.3) is 0 Å². The first-order valence-electron chi connectivity index (χ1n) is 6.56. The first-order chi connectivity index (χ1) is 8.64. The summed E-state index contributed by atoms with van der Waals surface area (Å²) in [5, 5.41) is 2.67. The molecular weight excluding hydrogens is 262 g/mol. The molecule has 0 radical (unpaired) electrons. The van der Waals surface area contributed by atoms with E-state index in [1.54, 1.807) is 13.8 Å². The minimum atomic E-state index is -1.12. The second kappa shape index (κ2) is 6.84. The molecule has 0 aromatic rings. The van der Waals surface area contributed by atoms with Gasteiger partial charge >= 0.3 is 0 Å². The molecule has 0 atom stereocenters. The van der Waals surface area contributed by atoms with Gasteiger partial charge in [0.15, 0.2) is 0 Å². The third-order valence-electron chi connectivity index (χ3n) is 3.30. The Morgan fingerprint density at radius 3 is 1.79 bits per heavy atom. The number of nitrogens with one attached hydrogen (secondary N) is 1. The molecule has 0 aliphatic heterocycles. The fraction of sp³-hybridized carbons (Fsp3) is 0.769. The highest BCUT2D eigenvalue weighted by molar-refractivity contribution is 7.80. The molecule has 0 unspecified atom stereocenters. The lowest BCUT2D eigenvalue weighted by atomic mass is 9.77. The van der Waals surface area contributed by atoms with Gasteiger partial charge in [0.2, 0.25) is 11.8 Å². The van der Waals surface area contributed by atoms with Crippen LogP contribution in [0, 0.1) is 5.41 Å². The molecule has 5 N–H and O–H groups in total. The van der Waals surface area contributed by atoms with Gasteiger partial charge in [-0.05, 0) is 26.7 Å². The number of amides is 2. The molecule has 0 aliphatic rings. The molecule has 0 heterocycles. The van der Waals surface area contributed by atoms with Crippen molar-refractivity contribution < 1.29 is 9.59 Å². The van der Waals surface area contributed by atoms with Gasteiger partial charge in [-0.3, -0.25) is 9.59 Å². The minimum absolute atomic E-state index is 0.175. The van der Waals surface area contributed by atoms with Crippen LogP contribution in [0.2, 0.25) is 0 Å². The van der Waals surface area contributed by atoms with Crippen molar-refractivity contribution in [1.29, 1.82) is 0 Å². The summed E-state index contributed by atoms with van der Waals surface area (Å²) in [6.45, 7) is 7.06. The number of hydrogen-bond acceptors (Lipinski definition) is 3. The van der Waals surface area contributed by atoms with Crippen molar-refractivity contribution in [3.63, 3.8) is 0 Å². The summed E-state index contributed by atoms with van der Waals surface area (Å²) in [4.78, 5) is 24.0. The average Bonchev–Trinajstić information content (AvgIpc) is 2.27. The Bertz CT molecular complexity index is 361. The fourth-order valence-electron chi connectivity index (χ4n) is 2.03. The number of nitrogens with two attached hydrogens (primary N) is 2. The smallest absolute Gasteiger partial charge is 0.242 e. The van der Waals surface area contributed by atoms with Crippen LogP contribution in [0.1, 0.15) is 53.4 Å². The lowest BCUT2D eigenvalue weighted by Gasteiger charge is -2.34. The summed E-state index contributed by atoms with van der Waals surface area (Å²) in [5.41, 5.74) is 9.05. The van der Waals surface area contributed by atoms with Crippen LogP contribution in [-0.2, 0) is 9.59 Å². The predicted octanol–water partition coefficient (Wildman–Crippen LogP) is 1.24. The summed E-state index contributed by atoms with van der Waals surface area (Å²) in [6.07, 6.45) is 2.69. The van der Waals surface area contributed by atoms with Crippen molar-refractivity contribution in [2.75, 3.05) is 0 Å². The highest BCUT2D eigenvalue weighted by Gasteiger charge is 2.42. The summed E-state index contributed by atoms with van der Waals surface area (Å²) >= 11 is 5.09. The summed E-state index contributed by atoms with van der Waals surface area (Å²) < 4.78 is 0. The molecule has 5 nitrogen and oxygen atoms in total. The third kappa shape index (κ3) is 4.16. The maximum absolute atomic E-state index is 12.5. The van der Waals surface area contributed by atoms with Crippen LogP contribution in [-0.4, -0.2) is 22.3 Å². The Morgan fingerprint density at radius 1 is 1.11 bits per heavy atom. The summed E-state index contributed by atoms with van der Waals surface area (Å²) in [7, 11) is 0. The topological polar surface area (TPSA) is 98.2 Å². The first kappa shape index (κ1) is 17.8. The number of carbonyl (C=O) groups is 2. The highest BCUT2D eigenvalue weighted by atomic mass is 32.1. The van der Waals surface area contributed by atoms with E-state index in [0.29, 0.717) is 12.8 Å². The minimum Gasteiger partial charge on any atom is -0.392 e. The van der Waals surface area contributed by atoms with Crippen molar-refractivity contribution in [1.82, 2.24) is 5.32 Å². The molecule has 0 rings (SSSR count). The zero-order valence-electron chi connectivity index (χ0n) is 12.2. The Morgan fingerprint density at radius 2 is 1.53 bits per heavy atom. The van der Waals surface area contributed by atoms with E-state index in [1.165, 1.54) is 0 Å². The number of primary amides is 1. The molecule has 0 bridgehead atoms. The molecule has 0 aliphatic carbocycles. The van der Waals surface area contributed by atoms with Crippen molar-refractivity contribution in [3.05, 3.63) is 0 Å². The Hall–Kier alpha value is -1.17. The summed E-state index contributed by atoms with van der Waals surface area (Å²) in [6, 6.07) is 0. The van der Waals surface area contributed by atoms with Crippen LogP contribution < -0.4 is 16.8 Å². The van der Waals surface area contributed by atoms with Crippen molar-refractivity contribution in [3.8, 4) is 0 Å². The van der Waals surface area contributed by atoms with Gasteiger partial charge in [-0.15, -0.1) is 0 Å². The normalized spacial score (nSPS) is 12.0. The molecule has 0 aromatic heterocycles. The molecule has 6 heteroatoms. The molecule has 2 amide bonds. The highest BCUT2D eigenvalue weighted by Crippen LogP contribution is 2.31. The standard InChI is InChI=1S/C13H25N3O2S/c1-5-7-13(8-6-2,10(15)19)11(18)16-12(3,4)9(14)17/h5-8H2,1-4H3,(H2,14,17)(H2,15,19)(H,16,18). The molecule has 0 spiro atoms. The van der Waals surface area contributed by atoms with E-state index < -0.39 is 16.9 Å². The van der Waals surface area contributed by atoms with Crippen LogP contribution in [0.5, 0.6) is 0 Å². The lowest BCUT2D eigenvalue weighted by molar-refractivity contribution is -0.134. The number of rotatable bonds is 8. The SMILES string of the molecule is CCCC(CCC)(C(=O)NC(C)(C)C(N)=O)C(N)=S. The summed E-state index contributed by atoms with van der Waals surface area (Å²) in [5.74, 6) is -0.904. The number of carbonyl (C=O) groups excluding carboxylic acids is 2. The molecule has 0 aromatic carbocycles. The van der Waals surface area contributed by atoms with E-state index in [2.05, 4.69) is 5.32 Å². The quantitative estimate of drug-likeness (QED) is 0.585. The molecule has 0 fully saturated rings. The predicted molar refractivity (Wildman–Crippen MR) is 80.5 cm³/mol. The average molecular weight is 287 g/mol. The van der Waals surface area contributed by atoms with E-state index in [1.807, 2.05) is 13.8 Å². The molecular formula is C13H25N3O2S. The van der Waals surface area contributed by atoms with Gasteiger partial charge in [-0.2, -0.15) is 0 Å². The third-order valence-corrected chi connectivity index (χ3v) is 3.69. The fourth-order valence-corrected chi connectivity index (χ4v) is 2.33. The Kier molecular flexibility index (Phi) is 6.42. The first-order valence-corrected chi connectivity index (χ1v) is 6.97. The van der Waals surface area contributed by atoms with Gasteiger partial charge in [0.05, 0.1) is 10.4 Å². The Labute approximate surface area is 120 Å². The monoisotopic (exact) mass is 287 g/mol. The van der Waals surface area contributed by atoms with E-state index in [4.69, 9.17) is 23.7 Å². The van der Waals surface area contributed by atoms with Gasteiger partial charge < -0.3 is 16.8 Å².